The van der Waals surface area contributed by atoms with Gasteiger partial charge in [-0.2, -0.15) is 0 Å². The third kappa shape index (κ3) is 2.89. The van der Waals surface area contributed by atoms with Crippen molar-refractivity contribution in [2.45, 2.75) is 64.0 Å². The van der Waals surface area contributed by atoms with Crippen molar-refractivity contribution < 1.29 is 9.47 Å². The molecule has 0 aromatic rings. The van der Waals surface area contributed by atoms with Crippen molar-refractivity contribution in [1.82, 2.24) is 5.32 Å². The fraction of sp³-hybridized carbons (Fsp3) is 1.00. The van der Waals surface area contributed by atoms with Gasteiger partial charge in [0.05, 0.1) is 19.3 Å². The van der Waals surface area contributed by atoms with Crippen LogP contribution in [-0.2, 0) is 9.47 Å². The van der Waals surface area contributed by atoms with E-state index < -0.39 is 0 Å². The summed E-state index contributed by atoms with van der Waals surface area (Å²) in [6, 6.07) is 0.699. The molecular weight excluding hydrogens is 226 g/mol. The van der Waals surface area contributed by atoms with Crippen molar-refractivity contribution in [2.75, 3.05) is 26.9 Å². The molecule has 2 aliphatic carbocycles. The maximum atomic E-state index is 6.06. The van der Waals surface area contributed by atoms with Crippen LogP contribution >= 0.6 is 0 Å². The molecule has 0 aromatic carbocycles. The summed E-state index contributed by atoms with van der Waals surface area (Å²) in [4.78, 5) is 0. The monoisotopic (exact) mass is 255 g/mol. The highest BCUT2D eigenvalue weighted by molar-refractivity contribution is 5.08. The Hall–Kier alpha value is -0.120. The summed E-state index contributed by atoms with van der Waals surface area (Å²) in [6.45, 7) is 4.87. The molecule has 2 aliphatic rings. The van der Waals surface area contributed by atoms with Gasteiger partial charge in [-0.3, -0.25) is 0 Å². The minimum atomic E-state index is 0.446. The summed E-state index contributed by atoms with van der Waals surface area (Å²) in [5, 5.41) is 3.74. The molecule has 0 amide bonds. The van der Waals surface area contributed by atoms with Crippen LogP contribution in [0.3, 0.4) is 0 Å². The van der Waals surface area contributed by atoms with Crippen LogP contribution in [-0.4, -0.2) is 39.0 Å². The second-order valence-electron chi connectivity index (χ2n) is 5.89. The smallest absolute Gasteiger partial charge is 0.0704 e. The van der Waals surface area contributed by atoms with Crippen molar-refractivity contribution >= 4 is 0 Å². The van der Waals surface area contributed by atoms with Crippen LogP contribution in [0, 0.1) is 5.41 Å². The van der Waals surface area contributed by atoms with Gasteiger partial charge < -0.3 is 14.8 Å². The molecule has 0 bridgehead atoms. The summed E-state index contributed by atoms with van der Waals surface area (Å²) >= 11 is 0. The third-order valence-corrected chi connectivity index (χ3v) is 4.82. The first kappa shape index (κ1) is 14.3. The van der Waals surface area contributed by atoms with Crippen molar-refractivity contribution in [3.8, 4) is 0 Å². The molecule has 0 saturated heterocycles. The summed E-state index contributed by atoms with van der Waals surface area (Å²) in [7, 11) is 1.74. The van der Waals surface area contributed by atoms with Crippen LogP contribution in [0.15, 0.2) is 0 Å². The molecule has 2 rings (SSSR count). The molecule has 3 nitrogen and oxygen atoms in total. The number of ether oxygens (including phenoxy) is 2. The van der Waals surface area contributed by atoms with Gasteiger partial charge in [-0.25, -0.2) is 0 Å². The molecule has 0 aromatic heterocycles. The van der Waals surface area contributed by atoms with E-state index in [1.165, 1.54) is 44.9 Å². The van der Waals surface area contributed by atoms with Crippen LogP contribution in [0.2, 0.25) is 0 Å². The molecule has 106 valence electrons. The molecular formula is C15H29NO2. The molecule has 1 N–H and O–H groups in total. The van der Waals surface area contributed by atoms with Gasteiger partial charge in [0.1, 0.15) is 0 Å². The van der Waals surface area contributed by atoms with Crippen molar-refractivity contribution in [2.24, 2.45) is 5.41 Å². The largest absolute Gasteiger partial charge is 0.382 e. The van der Waals surface area contributed by atoms with E-state index in [0.717, 1.165) is 19.8 Å². The zero-order chi connectivity index (χ0) is 12.8. The highest BCUT2D eigenvalue weighted by Gasteiger charge is 2.55. The number of methoxy groups -OCH3 is 1. The zero-order valence-electron chi connectivity index (χ0n) is 12.0. The first-order valence-corrected chi connectivity index (χ1v) is 7.67. The minimum Gasteiger partial charge on any atom is -0.382 e. The Kier molecular flexibility index (Phi) is 5.46. The number of hydrogen-bond donors (Lipinski definition) is 1. The topological polar surface area (TPSA) is 30.5 Å². The first-order chi connectivity index (χ1) is 8.83. The van der Waals surface area contributed by atoms with Gasteiger partial charge in [0.15, 0.2) is 0 Å². The molecule has 2 saturated carbocycles. The van der Waals surface area contributed by atoms with Gasteiger partial charge in [0.2, 0.25) is 0 Å². The Labute approximate surface area is 112 Å². The average Bonchev–Trinajstić information content (AvgIpc) is 2.42. The van der Waals surface area contributed by atoms with E-state index in [0.29, 0.717) is 17.6 Å². The number of hydrogen-bond acceptors (Lipinski definition) is 3. The van der Waals surface area contributed by atoms with Gasteiger partial charge in [0, 0.05) is 18.6 Å². The molecule has 0 aliphatic heterocycles. The third-order valence-electron chi connectivity index (χ3n) is 4.82. The minimum absolute atomic E-state index is 0.446. The number of rotatable bonds is 7. The Morgan fingerprint density at radius 2 is 1.94 bits per heavy atom. The van der Waals surface area contributed by atoms with Crippen LogP contribution in [0.5, 0.6) is 0 Å². The van der Waals surface area contributed by atoms with Gasteiger partial charge in [-0.1, -0.05) is 26.2 Å². The Bertz CT molecular complexity index is 239. The van der Waals surface area contributed by atoms with E-state index in [2.05, 4.69) is 12.2 Å². The first-order valence-electron chi connectivity index (χ1n) is 7.67. The van der Waals surface area contributed by atoms with E-state index >= 15 is 0 Å². The molecule has 2 atom stereocenters. The summed E-state index contributed by atoms with van der Waals surface area (Å²) in [5.41, 5.74) is 0.446. The lowest BCUT2D eigenvalue weighted by atomic mass is 9.55. The van der Waals surface area contributed by atoms with E-state index in [-0.39, 0.29) is 0 Å². The molecule has 18 heavy (non-hydrogen) atoms. The normalized spacial score (nSPS) is 30.3. The van der Waals surface area contributed by atoms with Gasteiger partial charge in [-0.05, 0) is 32.2 Å². The van der Waals surface area contributed by atoms with Crippen molar-refractivity contribution in [3.63, 3.8) is 0 Å². The maximum absolute atomic E-state index is 6.06. The van der Waals surface area contributed by atoms with Crippen LogP contribution in [0.1, 0.15) is 51.9 Å². The van der Waals surface area contributed by atoms with E-state index in [9.17, 15) is 0 Å². The van der Waals surface area contributed by atoms with Crippen LogP contribution in [0.4, 0.5) is 0 Å². The highest BCUT2D eigenvalue weighted by Crippen LogP contribution is 2.53. The lowest BCUT2D eigenvalue weighted by molar-refractivity contribution is -0.157. The van der Waals surface area contributed by atoms with E-state index in [1.807, 2.05) is 0 Å². The van der Waals surface area contributed by atoms with Gasteiger partial charge in [0.25, 0.3) is 0 Å². The SMILES string of the molecule is CCCNC1CC(OCCOC)C12CCCCC2. The molecule has 3 heteroatoms. The summed E-state index contributed by atoms with van der Waals surface area (Å²) < 4.78 is 11.1. The van der Waals surface area contributed by atoms with E-state index in [1.54, 1.807) is 7.11 Å². The number of nitrogens with one attached hydrogen (secondary N) is 1. The molecule has 2 fully saturated rings. The Morgan fingerprint density at radius 3 is 2.61 bits per heavy atom. The standard InChI is InChI=1S/C15H29NO2/c1-3-9-16-13-12-14(18-11-10-17-2)15(13)7-5-4-6-8-15/h13-14,16H,3-12H2,1-2H3. The second-order valence-corrected chi connectivity index (χ2v) is 5.89. The maximum Gasteiger partial charge on any atom is 0.0704 e. The van der Waals surface area contributed by atoms with Crippen molar-refractivity contribution in [1.29, 1.82) is 0 Å². The fourth-order valence-electron chi connectivity index (χ4n) is 3.74. The quantitative estimate of drug-likeness (QED) is 0.710. The predicted octanol–water partition coefficient (Wildman–Crippen LogP) is 2.74. The summed E-state index contributed by atoms with van der Waals surface area (Å²) in [6.07, 6.45) is 9.78. The Balaban J connectivity index is 1.87. The predicted molar refractivity (Wildman–Crippen MR) is 73.8 cm³/mol. The zero-order valence-corrected chi connectivity index (χ0v) is 12.0. The lowest BCUT2D eigenvalue weighted by Gasteiger charge is -2.58. The van der Waals surface area contributed by atoms with Gasteiger partial charge in [-0.15, -0.1) is 0 Å². The fourth-order valence-corrected chi connectivity index (χ4v) is 3.74. The average molecular weight is 255 g/mol. The van der Waals surface area contributed by atoms with Crippen LogP contribution in [0.25, 0.3) is 0 Å². The lowest BCUT2D eigenvalue weighted by Crippen LogP contribution is -2.64. The van der Waals surface area contributed by atoms with Gasteiger partial charge >= 0.3 is 0 Å². The van der Waals surface area contributed by atoms with Crippen molar-refractivity contribution in [3.05, 3.63) is 0 Å². The molecule has 2 unspecified atom stereocenters. The second kappa shape index (κ2) is 6.88. The Morgan fingerprint density at radius 1 is 1.17 bits per heavy atom. The van der Waals surface area contributed by atoms with Crippen LogP contribution < -0.4 is 5.32 Å². The molecule has 1 spiro atoms. The molecule has 0 heterocycles. The molecule has 0 radical (unpaired) electrons. The highest BCUT2D eigenvalue weighted by atomic mass is 16.5. The van der Waals surface area contributed by atoms with E-state index in [4.69, 9.17) is 9.47 Å². The summed E-state index contributed by atoms with van der Waals surface area (Å²) in [5.74, 6) is 0.